The highest BCUT2D eigenvalue weighted by molar-refractivity contribution is 5.34. The normalized spacial score (nSPS) is 18.1. The van der Waals surface area contributed by atoms with E-state index in [0.717, 1.165) is 5.82 Å². The van der Waals surface area contributed by atoms with Crippen LogP contribution in [0.3, 0.4) is 0 Å². The first-order valence-corrected chi connectivity index (χ1v) is 6.17. The summed E-state index contributed by atoms with van der Waals surface area (Å²) in [6.07, 6.45) is 9.67. The van der Waals surface area contributed by atoms with Crippen LogP contribution < -0.4 is 11.1 Å². The molecular weight excluding hydrogens is 200 g/mol. The first-order chi connectivity index (χ1) is 7.88. The Hall–Kier alpha value is -1.16. The van der Waals surface area contributed by atoms with Crippen LogP contribution in [0.15, 0.2) is 12.3 Å². The van der Waals surface area contributed by atoms with Crippen molar-refractivity contribution in [3.05, 3.63) is 18.1 Å². The zero-order valence-corrected chi connectivity index (χ0v) is 9.65. The maximum Gasteiger partial charge on any atom is 0.144 e. The summed E-state index contributed by atoms with van der Waals surface area (Å²) < 4.78 is 0. The Balaban J connectivity index is 1.96. The Morgan fingerprint density at radius 1 is 1.25 bits per heavy atom. The number of rotatable bonds is 3. The molecule has 1 fully saturated rings. The molecule has 3 N–H and O–H groups in total. The van der Waals surface area contributed by atoms with Crippen LogP contribution in [0.5, 0.6) is 0 Å². The second-order valence-electron chi connectivity index (χ2n) is 4.40. The molecule has 88 valence electrons. The predicted molar refractivity (Wildman–Crippen MR) is 65.0 cm³/mol. The van der Waals surface area contributed by atoms with E-state index in [2.05, 4.69) is 15.3 Å². The van der Waals surface area contributed by atoms with Crippen molar-refractivity contribution in [3.63, 3.8) is 0 Å². The van der Waals surface area contributed by atoms with Gasteiger partial charge in [-0.25, -0.2) is 9.97 Å². The molecule has 1 heterocycles. The van der Waals surface area contributed by atoms with Crippen LogP contribution in [-0.2, 0) is 6.54 Å². The van der Waals surface area contributed by atoms with E-state index < -0.39 is 0 Å². The number of hydrogen-bond acceptors (Lipinski definition) is 4. The summed E-state index contributed by atoms with van der Waals surface area (Å²) in [7, 11) is 0. The summed E-state index contributed by atoms with van der Waals surface area (Å²) in [6, 6.07) is 2.49. The first-order valence-electron chi connectivity index (χ1n) is 6.17. The molecule has 0 atom stereocenters. The third kappa shape index (κ3) is 3.17. The average Bonchev–Trinajstić information content (AvgIpc) is 2.58. The van der Waals surface area contributed by atoms with Crippen molar-refractivity contribution in [1.29, 1.82) is 0 Å². The van der Waals surface area contributed by atoms with E-state index in [1.54, 1.807) is 6.20 Å². The predicted octanol–water partition coefficient (Wildman–Crippen LogP) is 2.07. The summed E-state index contributed by atoms with van der Waals surface area (Å²) in [5.74, 6) is 1.63. The zero-order valence-electron chi connectivity index (χ0n) is 9.65. The van der Waals surface area contributed by atoms with E-state index in [4.69, 9.17) is 5.73 Å². The molecule has 0 amide bonds. The number of nitrogens with one attached hydrogen (secondary N) is 1. The molecule has 0 bridgehead atoms. The van der Waals surface area contributed by atoms with Gasteiger partial charge in [-0.05, 0) is 18.9 Å². The largest absolute Gasteiger partial charge is 0.367 e. The summed E-state index contributed by atoms with van der Waals surface area (Å²) in [4.78, 5) is 8.46. The van der Waals surface area contributed by atoms with Crippen molar-refractivity contribution < 1.29 is 0 Å². The maximum absolute atomic E-state index is 5.52. The lowest BCUT2D eigenvalue weighted by molar-refractivity contribution is 0.616. The van der Waals surface area contributed by atoms with Gasteiger partial charge < -0.3 is 11.1 Å². The molecule has 1 aliphatic rings. The minimum atomic E-state index is 0.403. The topological polar surface area (TPSA) is 63.8 Å². The molecule has 0 spiro atoms. The van der Waals surface area contributed by atoms with Gasteiger partial charge in [-0.3, -0.25) is 0 Å². The number of nitrogens with zero attached hydrogens (tertiary/aromatic N) is 2. The molecule has 0 unspecified atom stereocenters. The molecule has 2 rings (SSSR count). The highest BCUT2D eigenvalue weighted by Gasteiger charge is 2.12. The van der Waals surface area contributed by atoms with Crippen LogP contribution in [0, 0.1) is 0 Å². The highest BCUT2D eigenvalue weighted by atomic mass is 15.0. The fraction of sp³-hybridized carbons (Fsp3) is 0.667. The van der Waals surface area contributed by atoms with Crippen molar-refractivity contribution in [2.45, 2.75) is 51.1 Å². The van der Waals surface area contributed by atoms with Crippen molar-refractivity contribution in [2.75, 3.05) is 5.32 Å². The molecule has 0 aromatic carbocycles. The molecule has 1 saturated carbocycles. The van der Waals surface area contributed by atoms with Crippen molar-refractivity contribution in [1.82, 2.24) is 9.97 Å². The van der Waals surface area contributed by atoms with Crippen LogP contribution in [0.25, 0.3) is 0 Å². The molecule has 0 aliphatic heterocycles. The zero-order chi connectivity index (χ0) is 11.2. The SMILES string of the molecule is NCc1nccc(NC2CCCCCC2)n1. The highest BCUT2D eigenvalue weighted by Crippen LogP contribution is 2.20. The Kier molecular flexibility index (Phi) is 4.10. The molecule has 1 aromatic rings. The van der Waals surface area contributed by atoms with E-state index in [0.29, 0.717) is 18.4 Å². The van der Waals surface area contributed by atoms with Gasteiger partial charge in [-0.1, -0.05) is 25.7 Å². The van der Waals surface area contributed by atoms with E-state index in [1.807, 2.05) is 6.07 Å². The van der Waals surface area contributed by atoms with E-state index in [1.165, 1.54) is 38.5 Å². The second kappa shape index (κ2) is 5.80. The fourth-order valence-electron chi connectivity index (χ4n) is 2.21. The molecule has 1 aromatic heterocycles. The molecule has 0 radical (unpaired) electrons. The smallest absolute Gasteiger partial charge is 0.144 e. The Labute approximate surface area is 96.7 Å². The van der Waals surface area contributed by atoms with Gasteiger partial charge in [0.05, 0.1) is 6.54 Å². The Morgan fingerprint density at radius 2 is 2.00 bits per heavy atom. The number of nitrogens with two attached hydrogens (primary N) is 1. The number of hydrogen-bond donors (Lipinski definition) is 2. The van der Waals surface area contributed by atoms with E-state index in [9.17, 15) is 0 Å². The van der Waals surface area contributed by atoms with Crippen LogP contribution >= 0.6 is 0 Å². The number of aromatic nitrogens is 2. The van der Waals surface area contributed by atoms with Gasteiger partial charge in [0, 0.05) is 12.2 Å². The molecular formula is C12H20N4. The molecule has 0 saturated heterocycles. The lowest BCUT2D eigenvalue weighted by Crippen LogP contribution is -2.19. The third-order valence-electron chi connectivity index (χ3n) is 3.10. The minimum absolute atomic E-state index is 0.403. The second-order valence-corrected chi connectivity index (χ2v) is 4.40. The lowest BCUT2D eigenvalue weighted by atomic mass is 10.1. The van der Waals surface area contributed by atoms with E-state index >= 15 is 0 Å². The van der Waals surface area contributed by atoms with Gasteiger partial charge in [-0.15, -0.1) is 0 Å². The quantitative estimate of drug-likeness (QED) is 0.765. The summed E-state index contributed by atoms with van der Waals surface area (Å²) >= 11 is 0. The van der Waals surface area contributed by atoms with Gasteiger partial charge in [0.2, 0.25) is 0 Å². The monoisotopic (exact) mass is 220 g/mol. The van der Waals surface area contributed by atoms with Crippen LogP contribution in [-0.4, -0.2) is 16.0 Å². The van der Waals surface area contributed by atoms with Crippen molar-refractivity contribution >= 4 is 5.82 Å². The number of anilines is 1. The van der Waals surface area contributed by atoms with Crippen LogP contribution in [0.1, 0.15) is 44.3 Å². The summed E-state index contributed by atoms with van der Waals surface area (Å²) in [5.41, 5.74) is 5.52. The summed E-state index contributed by atoms with van der Waals surface area (Å²) in [5, 5.41) is 3.49. The standard InChI is InChI=1S/C12H20N4/c13-9-12-14-8-7-11(16-12)15-10-5-3-1-2-4-6-10/h7-8,10H,1-6,9,13H2,(H,14,15,16). The summed E-state index contributed by atoms with van der Waals surface area (Å²) in [6.45, 7) is 0.403. The van der Waals surface area contributed by atoms with Crippen molar-refractivity contribution in [3.8, 4) is 0 Å². The molecule has 4 nitrogen and oxygen atoms in total. The van der Waals surface area contributed by atoms with Gasteiger partial charge in [0.25, 0.3) is 0 Å². The average molecular weight is 220 g/mol. The molecule has 4 heteroatoms. The van der Waals surface area contributed by atoms with Gasteiger partial charge in [0.15, 0.2) is 0 Å². The van der Waals surface area contributed by atoms with E-state index in [-0.39, 0.29) is 0 Å². The van der Waals surface area contributed by atoms with Gasteiger partial charge in [0.1, 0.15) is 11.6 Å². The van der Waals surface area contributed by atoms with Crippen molar-refractivity contribution in [2.24, 2.45) is 5.73 Å². The van der Waals surface area contributed by atoms with Gasteiger partial charge >= 0.3 is 0 Å². The first kappa shape index (κ1) is 11.3. The maximum atomic E-state index is 5.52. The minimum Gasteiger partial charge on any atom is -0.367 e. The van der Waals surface area contributed by atoms with Gasteiger partial charge in [-0.2, -0.15) is 0 Å². The third-order valence-corrected chi connectivity index (χ3v) is 3.10. The lowest BCUT2D eigenvalue weighted by Gasteiger charge is -2.16. The van der Waals surface area contributed by atoms with Crippen LogP contribution in [0.2, 0.25) is 0 Å². The fourth-order valence-corrected chi connectivity index (χ4v) is 2.21. The molecule has 16 heavy (non-hydrogen) atoms. The Bertz CT molecular complexity index is 319. The van der Waals surface area contributed by atoms with Crippen LogP contribution in [0.4, 0.5) is 5.82 Å². The Morgan fingerprint density at radius 3 is 2.69 bits per heavy atom. The molecule has 1 aliphatic carbocycles.